The number of hydrogen-bond donors (Lipinski definition) is 1. The summed E-state index contributed by atoms with van der Waals surface area (Å²) in [6.45, 7) is 5.45. The first kappa shape index (κ1) is 18.2. The number of rotatable bonds is 3. The Morgan fingerprint density at radius 2 is 2.16 bits per heavy atom. The van der Waals surface area contributed by atoms with Crippen molar-refractivity contribution >= 4 is 23.7 Å². The van der Waals surface area contributed by atoms with E-state index in [0.717, 1.165) is 6.42 Å². The molecule has 1 amide bonds. The molecule has 2 aliphatic heterocycles. The maximum atomic E-state index is 15.0. The van der Waals surface area contributed by atoms with Crippen LogP contribution in [0.5, 0.6) is 0 Å². The highest BCUT2D eigenvalue weighted by molar-refractivity contribution is 7.98. The number of ether oxygens (including phenoxy) is 1. The van der Waals surface area contributed by atoms with E-state index in [-0.39, 0.29) is 6.04 Å². The van der Waals surface area contributed by atoms with Gasteiger partial charge in [0.15, 0.2) is 5.82 Å². The quantitative estimate of drug-likeness (QED) is 0.821. The minimum atomic E-state index is -1.19. The van der Waals surface area contributed by atoms with Gasteiger partial charge in [-0.25, -0.2) is 14.2 Å². The minimum absolute atomic E-state index is 0.0178. The number of nitrogens with one attached hydrogen (secondary N) is 1. The number of carbonyl (C=O) groups excluding carboxylic acids is 1. The Balaban J connectivity index is 1.68. The Labute approximate surface area is 151 Å². The number of nitrogens with zero attached hydrogens (tertiary/aromatic N) is 4. The third-order valence-corrected chi connectivity index (χ3v) is 5.04. The van der Waals surface area contributed by atoms with E-state index in [4.69, 9.17) is 4.74 Å². The van der Waals surface area contributed by atoms with Crippen molar-refractivity contribution in [3.8, 4) is 0 Å². The lowest BCUT2D eigenvalue weighted by Crippen LogP contribution is -2.57. The maximum absolute atomic E-state index is 15.0. The maximum Gasteiger partial charge on any atom is 0.410 e. The average Bonchev–Trinajstić information content (AvgIpc) is 2.89. The number of aromatic nitrogens is 3. The number of hydrogen-bond acceptors (Lipinski definition) is 7. The van der Waals surface area contributed by atoms with Crippen LogP contribution in [0, 0.1) is 0 Å². The zero-order chi connectivity index (χ0) is 18.2. The monoisotopic (exact) mass is 369 g/mol. The Morgan fingerprint density at radius 3 is 2.76 bits per heavy atom. The molecule has 2 saturated heterocycles. The number of thioether (sulfide) groups is 1. The van der Waals surface area contributed by atoms with Crippen LogP contribution in [-0.2, 0) is 4.74 Å². The molecule has 25 heavy (non-hydrogen) atoms. The van der Waals surface area contributed by atoms with Crippen LogP contribution in [0.15, 0.2) is 11.4 Å². The van der Waals surface area contributed by atoms with E-state index < -0.39 is 29.9 Å². The Bertz CT molecular complexity index is 624. The van der Waals surface area contributed by atoms with Gasteiger partial charge in [0.25, 0.3) is 0 Å². The van der Waals surface area contributed by atoms with Gasteiger partial charge in [-0.1, -0.05) is 11.8 Å². The fraction of sp³-hybridized carbons (Fsp3) is 0.750. The predicted octanol–water partition coefficient (Wildman–Crippen LogP) is 2.88. The molecule has 1 aromatic heterocycles. The van der Waals surface area contributed by atoms with E-state index in [2.05, 4.69) is 20.5 Å². The molecule has 0 aromatic carbocycles. The Hall–Kier alpha value is -1.64. The molecule has 1 N–H and O–H groups in total. The molecule has 4 atom stereocenters. The highest BCUT2D eigenvalue weighted by atomic mass is 32.2. The van der Waals surface area contributed by atoms with Gasteiger partial charge in [-0.2, -0.15) is 0 Å². The molecular formula is C16H24FN5O2S. The first-order valence-corrected chi connectivity index (χ1v) is 9.66. The summed E-state index contributed by atoms with van der Waals surface area (Å²) in [6, 6.07) is -0.888. The van der Waals surface area contributed by atoms with Crippen molar-refractivity contribution < 1.29 is 13.9 Å². The zero-order valence-electron chi connectivity index (χ0n) is 14.9. The van der Waals surface area contributed by atoms with Gasteiger partial charge in [0.2, 0.25) is 5.16 Å². The van der Waals surface area contributed by atoms with Gasteiger partial charge >= 0.3 is 6.09 Å². The van der Waals surface area contributed by atoms with Crippen LogP contribution in [0.1, 0.15) is 40.0 Å². The molecular weight excluding hydrogens is 345 g/mol. The summed E-state index contributed by atoms with van der Waals surface area (Å²) in [5.74, 6) is 0.454. The summed E-state index contributed by atoms with van der Waals surface area (Å²) in [6.07, 6.45) is 3.78. The van der Waals surface area contributed by atoms with Crippen LogP contribution >= 0.6 is 11.8 Å². The third-order valence-electron chi connectivity index (χ3n) is 4.49. The number of carbonyl (C=O) groups is 1. The van der Waals surface area contributed by atoms with Gasteiger partial charge in [-0.05, 0) is 46.3 Å². The van der Waals surface area contributed by atoms with Crippen molar-refractivity contribution in [1.29, 1.82) is 0 Å². The number of halogens is 1. The second kappa shape index (κ2) is 6.93. The van der Waals surface area contributed by atoms with Gasteiger partial charge in [-0.3, -0.25) is 4.90 Å². The van der Waals surface area contributed by atoms with E-state index in [1.54, 1.807) is 11.1 Å². The molecule has 9 heteroatoms. The zero-order valence-corrected chi connectivity index (χ0v) is 15.7. The van der Waals surface area contributed by atoms with Crippen LogP contribution < -0.4 is 5.32 Å². The smallest absolute Gasteiger partial charge is 0.410 e. The summed E-state index contributed by atoms with van der Waals surface area (Å²) in [7, 11) is 0. The average molecular weight is 369 g/mol. The molecule has 2 aliphatic rings. The van der Waals surface area contributed by atoms with Gasteiger partial charge < -0.3 is 10.1 Å². The number of alkyl halides is 1. The van der Waals surface area contributed by atoms with Crippen molar-refractivity contribution in [2.24, 2.45) is 0 Å². The van der Waals surface area contributed by atoms with Gasteiger partial charge in [0.1, 0.15) is 11.8 Å². The lowest BCUT2D eigenvalue weighted by atomic mass is 9.95. The molecule has 1 aromatic rings. The number of fused-ring (bicyclic) bond motifs is 2. The van der Waals surface area contributed by atoms with Gasteiger partial charge in [0.05, 0.1) is 18.3 Å². The highest BCUT2D eigenvalue weighted by Gasteiger charge is 2.51. The second-order valence-electron chi connectivity index (χ2n) is 7.45. The summed E-state index contributed by atoms with van der Waals surface area (Å²) >= 11 is 1.40. The molecule has 3 heterocycles. The fourth-order valence-electron chi connectivity index (χ4n) is 3.50. The molecule has 0 spiro atoms. The molecule has 7 nitrogen and oxygen atoms in total. The minimum Gasteiger partial charge on any atom is -0.444 e. The van der Waals surface area contributed by atoms with E-state index in [1.165, 1.54) is 11.8 Å². The standard InChI is InChI=1S/C16H24FN5O2S/c1-16(2,3)24-15(23)22-9-5-6-11(22)13(17)10(7-9)19-12-8-18-14(25-4)21-20-12/h8-11,13H,5-7H2,1-4H3,(H,19,20)/t9-,10-,11+,13-/m1/s1. The first-order valence-electron chi connectivity index (χ1n) is 8.44. The summed E-state index contributed by atoms with van der Waals surface area (Å²) < 4.78 is 20.5. The lowest BCUT2D eigenvalue weighted by molar-refractivity contribution is -0.00834. The number of anilines is 1. The Kier molecular flexibility index (Phi) is 5.04. The van der Waals surface area contributed by atoms with E-state index in [0.29, 0.717) is 23.8 Å². The molecule has 0 radical (unpaired) electrons. The second-order valence-corrected chi connectivity index (χ2v) is 8.22. The molecule has 138 valence electrons. The van der Waals surface area contributed by atoms with Crippen LogP contribution in [-0.4, -0.2) is 62.3 Å². The number of piperidine rings is 1. The summed E-state index contributed by atoms with van der Waals surface area (Å²) in [4.78, 5) is 18.2. The third kappa shape index (κ3) is 3.96. The first-order chi connectivity index (χ1) is 11.8. The van der Waals surface area contributed by atoms with Gasteiger partial charge in [-0.15, -0.1) is 10.2 Å². The van der Waals surface area contributed by atoms with Crippen molar-refractivity contribution in [3.63, 3.8) is 0 Å². The van der Waals surface area contributed by atoms with Crippen LogP contribution in [0.4, 0.5) is 15.0 Å². The molecule has 3 rings (SSSR count). The fourth-order valence-corrected chi connectivity index (χ4v) is 3.78. The number of amides is 1. The van der Waals surface area contributed by atoms with Crippen LogP contribution in [0.3, 0.4) is 0 Å². The van der Waals surface area contributed by atoms with Crippen LogP contribution in [0.2, 0.25) is 0 Å². The van der Waals surface area contributed by atoms with Crippen LogP contribution in [0.25, 0.3) is 0 Å². The lowest BCUT2D eigenvalue weighted by Gasteiger charge is -2.41. The van der Waals surface area contributed by atoms with Crippen molar-refractivity contribution in [2.75, 3.05) is 11.6 Å². The van der Waals surface area contributed by atoms with Crippen molar-refractivity contribution in [1.82, 2.24) is 20.1 Å². The molecule has 2 bridgehead atoms. The molecule has 0 unspecified atom stereocenters. The summed E-state index contributed by atoms with van der Waals surface area (Å²) in [5, 5.41) is 11.7. The predicted molar refractivity (Wildman–Crippen MR) is 93.4 cm³/mol. The molecule has 0 saturated carbocycles. The van der Waals surface area contributed by atoms with E-state index in [9.17, 15) is 4.79 Å². The topological polar surface area (TPSA) is 80.2 Å². The highest BCUT2D eigenvalue weighted by Crippen LogP contribution is 2.39. The summed E-state index contributed by atoms with van der Waals surface area (Å²) in [5.41, 5.74) is -0.586. The van der Waals surface area contributed by atoms with Crippen molar-refractivity contribution in [2.45, 2.75) is 75.1 Å². The van der Waals surface area contributed by atoms with E-state index in [1.807, 2.05) is 27.0 Å². The Morgan fingerprint density at radius 1 is 1.40 bits per heavy atom. The normalized spacial score (nSPS) is 28.8. The molecule has 2 fully saturated rings. The van der Waals surface area contributed by atoms with E-state index >= 15 is 4.39 Å². The SMILES string of the molecule is CSc1ncc(N[C@@H]2C[C@H]3CC[C@@H]([C@@H]2F)N3C(=O)OC(C)(C)C)nn1. The van der Waals surface area contributed by atoms with Gasteiger partial charge in [0, 0.05) is 6.04 Å². The van der Waals surface area contributed by atoms with Crippen molar-refractivity contribution in [3.05, 3.63) is 6.20 Å². The molecule has 0 aliphatic carbocycles. The largest absolute Gasteiger partial charge is 0.444 e.